The number of halogens is 2. The Morgan fingerprint density at radius 1 is 1.09 bits per heavy atom. The molecule has 1 saturated heterocycles. The van der Waals surface area contributed by atoms with Gasteiger partial charge in [0.1, 0.15) is 11.6 Å². The van der Waals surface area contributed by atoms with Crippen LogP contribution in [0.25, 0.3) is 0 Å². The van der Waals surface area contributed by atoms with Crippen LogP contribution in [0.2, 0.25) is 0 Å². The van der Waals surface area contributed by atoms with E-state index in [1.807, 2.05) is 6.92 Å². The van der Waals surface area contributed by atoms with Crippen molar-refractivity contribution >= 4 is 23.4 Å². The molecular weight excluding hydrogens is 442 g/mol. The van der Waals surface area contributed by atoms with Crippen LogP contribution >= 0.6 is 0 Å². The number of rotatable bonds is 5. The Morgan fingerprint density at radius 2 is 1.85 bits per heavy atom. The van der Waals surface area contributed by atoms with Crippen molar-refractivity contribution in [3.05, 3.63) is 64.7 Å². The molecular formula is C25H28F2N4O3. The van der Waals surface area contributed by atoms with Gasteiger partial charge in [0, 0.05) is 49.4 Å². The Kier molecular flexibility index (Phi) is 6.81. The number of piperidine rings is 1. The van der Waals surface area contributed by atoms with Gasteiger partial charge >= 0.3 is 6.03 Å². The summed E-state index contributed by atoms with van der Waals surface area (Å²) in [5.74, 6) is -1.62. The van der Waals surface area contributed by atoms with Crippen LogP contribution in [0.1, 0.15) is 58.9 Å². The minimum atomic E-state index is -0.608. The average molecular weight is 471 g/mol. The van der Waals surface area contributed by atoms with Gasteiger partial charge in [-0.25, -0.2) is 13.6 Å². The van der Waals surface area contributed by atoms with Crippen molar-refractivity contribution in [2.24, 2.45) is 0 Å². The van der Waals surface area contributed by atoms with Gasteiger partial charge in [0.15, 0.2) is 5.78 Å². The van der Waals surface area contributed by atoms with Crippen molar-refractivity contribution in [2.45, 2.75) is 44.7 Å². The molecule has 0 atom stereocenters. The smallest absolute Gasteiger partial charge is 0.317 e. The minimum Gasteiger partial charge on any atom is -0.378 e. The number of carbonyl (C=O) groups is 3. The number of urea groups is 1. The second-order valence-corrected chi connectivity index (χ2v) is 8.91. The fourth-order valence-corrected chi connectivity index (χ4v) is 4.51. The van der Waals surface area contributed by atoms with E-state index < -0.39 is 23.1 Å². The summed E-state index contributed by atoms with van der Waals surface area (Å²) in [6.45, 7) is 3.43. The monoisotopic (exact) mass is 470 g/mol. The molecule has 2 aliphatic rings. The largest absolute Gasteiger partial charge is 0.378 e. The first kappa shape index (κ1) is 23.7. The number of benzene rings is 2. The van der Waals surface area contributed by atoms with Crippen molar-refractivity contribution in [1.82, 2.24) is 15.5 Å². The van der Waals surface area contributed by atoms with E-state index >= 15 is 0 Å². The summed E-state index contributed by atoms with van der Waals surface area (Å²) < 4.78 is 27.5. The molecule has 1 fully saturated rings. The number of nitrogens with zero attached hydrogens (tertiary/aromatic N) is 1. The Labute approximate surface area is 196 Å². The van der Waals surface area contributed by atoms with Gasteiger partial charge in [-0.1, -0.05) is 13.0 Å². The molecule has 2 aromatic rings. The van der Waals surface area contributed by atoms with Crippen LogP contribution in [0.3, 0.4) is 0 Å². The van der Waals surface area contributed by atoms with Crippen molar-refractivity contribution in [2.75, 3.05) is 25.0 Å². The fourth-order valence-electron chi connectivity index (χ4n) is 4.51. The third kappa shape index (κ3) is 5.03. The Hall–Kier alpha value is -3.49. The van der Waals surface area contributed by atoms with Crippen LogP contribution in [0.5, 0.6) is 0 Å². The second kappa shape index (κ2) is 9.79. The second-order valence-electron chi connectivity index (χ2n) is 8.91. The predicted molar refractivity (Wildman–Crippen MR) is 124 cm³/mol. The summed E-state index contributed by atoms with van der Waals surface area (Å²) in [5, 5.41) is 8.88. The number of carbonyl (C=O) groups excluding carboxylic acids is 3. The summed E-state index contributed by atoms with van der Waals surface area (Å²) in [6.07, 6.45) is 2.18. The summed E-state index contributed by atoms with van der Waals surface area (Å²) >= 11 is 0. The van der Waals surface area contributed by atoms with Gasteiger partial charge in [0.05, 0.1) is 5.56 Å². The van der Waals surface area contributed by atoms with Gasteiger partial charge in [-0.15, -0.1) is 0 Å². The number of amides is 3. The maximum Gasteiger partial charge on any atom is 0.317 e. The molecule has 2 aromatic carbocycles. The molecule has 4 rings (SSSR count). The highest BCUT2D eigenvalue weighted by Crippen LogP contribution is 2.37. The SMILES string of the molecule is CCCNC(=O)c1cc(CNC(=O)N2CCC3(CC2)CC(=O)c2cc(F)ccc2N3)ccc1F. The van der Waals surface area contributed by atoms with E-state index in [2.05, 4.69) is 16.0 Å². The van der Waals surface area contributed by atoms with Gasteiger partial charge in [0.25, 0.3) is 5.91 Å². The molecule has 3 amide bonds. The Morgan fingerprint density at radius 3 is 2.59 bits per heavy atom. The molecule has 0 bridgehead atoms. The molecule has 3 N–H and O–H groups in total. The predicted octanol–water partition coefficient (Wildman–Crippen LogP) is 3.85. The highest BCUT2D eigenvalue weighted by molar-refractivity contribution is 6.04. The molecule has 0 aromatic heterocycles. The molecule has 0 aliphatic carbocycles. The maximum atomic E-state index is 14.0. The third-order valence-electron chi connectivity index (χ3n) is 6.44. The van der Waals surface area contributed by atoms with Crippen molar-refractivity contribution in [1.29, 1.82) is 0 Å². The normalized spacial score (nSPS) is 16.6. The molecule has 1 spiro atoms. The van der Waals surface area contributed by atoms with E-state index in [1.165, 1.54) is 30.3 Å². The fraction of sp³-hybridized carbons (Fsp3) is 0.400. The van der Waals surface area contributed by atoms with Crippen LogP contribution in [-0.4, -0.2) is 47.8 Å². The molecule has 9 heteroatoms. The summed E-state index contributed by atoms with van der Waals surface area (Å²) in [6, 6.07) is 8.12. The average Bonchev–Trinajstić information content (AvgIpc) is 2.83. The molecule has 34 heavy (non-hydrogen) atoms. The maximum absolute atomic E-state index is 14.0. The lowest BCUT2D eigenvalue weighted by Crippen LogP contribution is -2.55. The van der Waals surface area contributed by atoms with Crippen LogP contribution < -0.4 is 16.0 Å². The van der Waals surface area contributed by atoms with E-state index in [0.717, 1.165) is 6.42 Å². The minimum absolute atomic E-state index is 0.0479. The Bertz CT molecular complexity index is 1110. The zero-order chi connectivity index (χ0) is 24.3. The van der Waals surface area contributed by atoms with Gasteiger partial charge in [-0.3, -0.25) is 9.59 Å². The van der Waals surface area contributed by atoms with Crippen molar-refractivity contribution in [3.8, 4) is 0 Å². The summed E-state index contributed by atoms with van der Waals surface area (Å²) in [4.78, 5) is 39.1. The number of hydrogen-bond acceptors (Lipinski definition) is 4. The van der Waals surface area contributed by atoms with Crippen LogP contribution in [0, 0.1) is 11.6 Å². The molecule has 180 valence electrons. The lowest BCUT2D eigenvalue weighted by molar-refractivity contribution is 0.0913. The first-order valence-corrected chi connectivity index (χ1v) is 11.5. The highest BCUT2D eigenvalue weighted by atomic mass is 19.1. The quantitative estimate of drug-likeness (QED) is 0.619. The highest BCUT2D eigenvalue weighted by Gasteiger charge is 2.41. The van der Waals surface area contributed by atoms with E-state index in [4.69, 9.17) is 0 Å². The number of Topliss-reactive ketones (excluding diaryl/α,β-unsaturated/α-hetero) is 1. The molecule has 2 aliphatic heterocycles. The first-order chi connectivity index (χ1) is 16.3. The zero-order valence-corrected chi connectivity index (χ0v) is 19.0. The molecule has 7 nitrogen and oxygen atoms in total. The number of hydrogen-bond donors (Lipinski definition) is 3. The van der Waals surface area contributed by atoms with Crippen LogP contribution in [0.15, 0.2) is 36.4 Å². The van der Waals surface area contributed by atoms with Gasteiger partial charge in [-0.05, 0) is 55.2 Å². The number of nitrogens with one attached hydrogen (secondary N) is 3. The van der Waals surface area contributed by atoms with Crippen molar-refractivity contribution in [3.63, 3.8) is 0 Å². The zero-order valence-electron chi connectivity index (χ0n) is 19.0. The van der Waals surface area contributed by atoms with Gasteiger partial charge in [-0.2, -0.15) is 0 Å². The van der Waals surface area contributed by atoms with Crippen LogP contribution in [-0.2, 0) is 6.54 Å². The number of likely N-dealkylation sites (tertiary alicyclic amines) is 1. The topological polar surface area (TPSA) is 90.5 Å². The third-order valence-corrected chi connectivity index (χ3v) is 6.44. The number of anilines is 1. The van der Waals surface area contributed by atoms with Gasteiger partial charge < -0.3 is 20.9 Å². The van der Waals surface area contributed by atoms with Gasteiger partial charge in [0.2, 0.25) is 0 Å². The van der Waals surface area contributed by atoms with Crippen molar-refractivity contribution < 1.29 is 23.2 Å². The first-order valence-electron chi connectivity index (χ1n) is 11.5. The number of ketones is 1. The molecule has 2 heterocycles. The molecule has 0 saturated carbocycles. The van der Waals surface area contributed by atoms with E-state index in [1.54, 1.807) is 11.0 Å². The lowest BCUT2D eigenvalue weighted by Gasteiger charge is -2.45. The van der Waals surface area contributed by atoms with E-state index in [-0.39, 0.29) is 30.3 Å². The standard InChI is InChI=1S/C25H28F2N4O3/c1-2-9-28-23(33)18-12-16(3-5-20(18)27)15-29-24(34)31-10-7-25(8-11-31)14-22(32)19-13-17(26)4-6-21(19)30-25/h3-6,12-13,30H,2,7-11,14-15H2,1H3,(H,28,33)(H,29,34). The lowest BCUT2D eigenvalue weighted by atomic mass is 9.78. The van der Waals surface area contributed by atoms with E-state index in [9.17, 15) is 23.2 Å². The summed E-state index contributed by atoms with van der Waals surface area (Å²) in [5.41, 5.74) is 1.12. The molecule has 0 unspecified atom stereocenters. The Balaban J connectivity index is 1.33. The summed E-state index contributed by atoms with van der Waals surface area (Å²) in [7, 11) is 0. The van der Waals surface area contributed by atoms with Crippen LogP contribution in [0.4, 0.5) is 19.3 Å². The van der Waals surface area contributed by atoms with E-state index in [0.29, 0.717) is 49.3 Å². The molecule has 0 radical (unpaired) electrons. The number of fused-ring (bicyclic) bond motifs is 1.